The number of carbonyl (C=O) groups is 3. The summed E-state index contributed by atoms with van der Waals surface area (Å²) >= 11 is 0. The number of amides is 1. The van der Waals surface area contributed by atoms with Crippen LogP contribution in [0.3, 0.4) is 0 Å². The zero-order chi connectivity index (χ0) is 20.2. The van der Waals surface area contributed by atoms with Crippen LogP contribution in [0.4, 0.5) is 5.82 Å². The number of rotatable bonds is 6. The summed E-state index contributed by atoms with van der Waals surface area (Å²) in [6.07, 6.45) is 1.67. The number of ether oxygens (including phenoxy) is 3. The lowest BCUT2D eigenvalue weighted by Crippen LogP contribution is -2.39. The summed E-state index contributed by atoms with van der Waals surface area (Å²) in [7, 11) is 0. The quantitative estimate of drug-likeness (QED) is 0.716. The van der Waals surface area contributed by atoms with Gasteiger partial charge >= 0.3 is 17.6 Å². The summed E-state index contributed by atoms with van der Waals surface area (Å²) in [5.41, 5.74) is -1.94. The van der Waals surface area contributed by atoms with E-state index in [9.17, 15) is 19.2 Å². The lowest BCUT2D eigenvalue weighted by Gasteiger charge is -2.23. The van der Waals surface area contributed by atoms with E-state index in [2.05, 4.69) is 10.3 Å². The number of esters is 2. The van der Waals surface area contributed by atoms with E-state index in [1.54, 1.807) is 0 Å². The van der Waals surface area contributed by atoms with E-state index in [1.807, 2.05) is 0 Å². The van der Waals surface area contributed by atoms with Crippen LogP contribution < -0.4 is 11.0 Å². The van der Waals surface area contributed by atoms with E-state index in [0.717, 1.165) is 0 Å². The molecular formula is C17H23N3O7. The Bertz CT molecular complexity index is 787. The Hall–Kier alpha value is -2.75. The van der Waals surface area contributed by atoms with Crippen molar-refractivity contribution in [3.05, 3.63) is 22.7 Å². The third kappa shape index (κ3) is 5.61. The van der Waals surface area contributed by atoms with Crippen LogP contribution >= 0.6 is 0 Å². The van der Waals surface area contributed by atoms with Crippen LogP contribution in [-0.2, 0) is 28.6 Å². The molecule has 1 aliphatic heterocycles. The van der Waals surface area contributed by atoms with E-state index in [-0.39, 0.29) is 18.3 Å². The first-order valence-electron chi connectivity index (χ1n) is 8.47. The highest BCUT2D eigenvalue weighted by Gasteiger charge is 2.35. The van der Waals surface area contributed by atoms with Crippen LogP contribution in [0, 0.1) is 0 Å². The Labute approximate surface area is 155 Å². The van der Waals surface area contributed by atoms with Crippen LogP contribution in [0.15, 0.2) is 17.1 Å². The SMILES string of the molecule is CC(=O)Nc1ccn([C@H]2CC[C@@H](COC(=O)C(C)(C)OC(C)=O)O2)c(=O)n1. The minimum Gasteiger partial charge on any atom is -0.460 e. The van der Waals surface area contributed by atoms with E-state index in [0.29, 0.717) is 12.8 Å². The monoisotopic (exact) mass is 381 g/mol. The molecule has 0 saturated carbocycles. The molecule has 1 saturated heterocycles. The second kappa shape index (κ2) is 8.30. The van der Waals surface area contributed by atoms with Crippen molar-refractivity contribution in [2.24, 2.45) is 0 Å². The zero-order valence-corrected chi connectivity index (χ0v) is 15.7. The lowest BCUT2D eigenvalue weighted by molar-refractivity contribution is -0.180. The van der Waals surface area contributed by atoms with Crippen molar-refractivity contribution < 1.29 is 28.6 Å². The Kier molecular flexibility index (Phi) is 6.32. The molecule has 0 aliphatic carbocycles. The molecule has 0 spiro atoms. The summed E-state index contributed by atoms with van der Waals surface area (Å²) in [4.78, 5) is 49.9. The van der Waals surface area contributed by atoms with Gasteiger partial charge in [-0.25, -0.2) is 9.59 Å². The highest BCUT2D eigenvalue weighted by Crippen LogP contribution is 2.27. The molecule has 0 unspecified atom stereocenters. The Morgan fingerprint density at radius 3 is 2.63 bits per heavy atom. The van der Waals surface area contributed by atoms with Gasteiger partial charge in [0.15, 0.2) is 0 Å². The molecule has 2 heterocycles. The third-order valence-corrected chi connectivity index (χ3v) is 3.82. The van der Waals surface area contributed by atoms with Crippen molar-refractivity contribution >= 4 is 23.7 Å². The van der Waals surface area contributed by atoms with Crippen molar-refractivity contribution in [2.75, 3.05) is 11.9 Å². The topological polar surface area (TPSA) is 126 Å². The molecule has 10 nitrogen and oxygen atoms in total. The number of hydrogen-bond donors (Lipinski definition) is 1. The molecule has 0 aromatic carbocycles. The number of carbonyl (C=O) groups excluding carboxylic acids is 3. The van der Waals surface area contributed by atoms with Gasteiger partial charge in [-0.05, 0) is 32.8 Å². The van der Waals surface area contributed by atoms with Crippen molar-refractivity contribution in [3.8, 4) is 0 Å². The molecule has 10 heteroatoms. The zero-order valence-electron chi connectivity index (χ0n) is 15.7. The molecular weight excluding hydrogens is 358 g/mol. The molecule has 2 rings (SSSR count). The molecule has 0 radical (unpaired) electrons. The second-order valence-corrected chi connectivity index (χ2v) is 6.68. The molecule has 1 aromatic heterocycles. The van der Waals surface area contributed by atoms with Crippen LogP contribution in [0.25, 0.3) is 0 Å². The summed E-state index contributed by atoms with van der Waals surface area (Å²) < 4.78 is 17.2. The molecule has 0 bridgehead atoms. The van der Waals surface area contributed by atoms with Gasteiger partial charge in [0.2, 0.25) is 11.5 Å². The van der Waals surface area contributed by atoms with Gasteiger partial charge in [-0.1, -0.05) is 0 Å². The van der Waals surface area contributed by atoms with Gasteiger partial charge in [-0.2, -0.15) is 4.98 Å². The standard InChI is InChI=1S/C17H23N3O7/c1-10(21)18-13-7-8-20(16(24)19-13)14-6-5-12(26-14)9-25-15(23)17(3,4)27-11(2)22/h7-8,12,14H,5-6,9H2,1-4H3,(H,18,19,21,24)/t12-,14+/m0/s1. The largest absolute Gasteiger partial charge is 0.460 e. The van der Waals surface area contributed by atoms with Gasteiger partial charge in [-0.3, -0.25) is 14.2 Å². The number of aromatic nitrogens is 2. The number of nitrogens with one attached hydrogen (secondary N) is 1. The fourth-order valence-electron chi connectivity index (χ4n) is 2.64. The smallest absolute Gasteiger partial charge is 0.351 e. The van der Waals surface area contributed by atoms with Crippen LogP contribution in [-0.4, -0.2) is 45.7 Å². The van der Waals surface area contributed by atoms with E-state index in [1.165, 1.54) is 44.5 Å². The highest BCUT2D eigenvalue weighted by molar-refractivity contribution is 5.87. The van der Waals surface area contributed by atoms with Gasteiger partial charge in [0.25, 0.3) is 0 Å². The number of nitrogens with zero attached hydrogens (tertiary/aromatic N) is 2. The van der Waals surface area contributed by atoms with Crippen molar-refractivity contribution in [2.45, 2.75) is 58.5 Å². The lowest BCUT2D eigenvalue weighted by atomic mass is 10.1. The predicted octanol–water partition coefficient (Wildman–Crippen LogP) is 0.764. The first kappa shape index (κ1) is 20.6. The van der Waals surface area contributed by atoms with Gasteiger partial charge in [0.05, 0.1) is 6.10 Å². The summed E-state index contributed by atoms with van der Waals surface area (Å²) in [6, 6.07) is 1.50. The van der Waals surface area contributed by atoms with Crippen LogP contribution in [0.2, 0.25) is 0 Å². The molecule has 1 aliphatic rings. The van der Waals surface area contributed by atoms with Gasteiger partial charge in [0, 0.05) is 20.0 Å². The fourth-order valence-corrected chi connectivity index (χ4v) is 2.64. The first-order valence-corrected chi connectivity index (χ1v) is 8.47. The molecule has 1 amide bonds. The third-order valence-electron chi connectivity index (χ3n) is 3.82. The average molecular weight is 381 g/mol. The molecule has 1 aromatic rings. The van der Waals surface area contributed by atoms with Crippen LogP contribution in [0.1, 0.15) is 46.8 Å². The fraction of sp³-hybridized carbons (Fsp3) is 0.588. The normalized spacial score (nSPS) is 19.4. The van der Waals surface area contributed by atoms with Crippen molar-refractivity contribution in [3.63, 3.8) is 0 Å². The Morgan fingerprint density at radius 2 is 2.04 bits per heavy atom. The van der Waals surface area contributed by atoms with Gasteiger partial charge < -0.3 is 19.5 Å². The van der Waals surface area contributed by atoms with E-state index < -0.39 is 35.6 Å². The maximum Gasteiger partial charge on any atom is 0.351 e. The minimum absolute atomic E-state index is 0.0216. The summed E-state index contributed by atoms with van der Waals surface area (Å²) in [6.45, 7) is 5.39. The molecule has 27 heavy (non-hydrogen) atoms. The first-order chi connectivity index (χ1) is 12.6. The van der Waals surface area contributed by atoms with Crippen molar-refractivity contribution in [1.82, 2.24) is 9.55 Å². The van der Waals surface area contributed by atoms with Crippen LogP contribution in [0.5, 0.6) is 0 Å². The summed E-state index contributed by atoms with van der Waals surface area (Å²) in [5, 5.41) is 2.43. The minimum atomic E-state index is -1.38. The predicted molar refractivity (Wildman–Crippen MR) is 92.7 cm³/mol. The summed E-state index contributed by atoms with van der Waals surface area (Å²) in [5.74, 6) is -1.41. The molecule has 148 valence electrons. The molecule has 1 N–H and O–H groups in total. The number of anilines is 1. The van der Waals surface area contributed by atoms with E-state index in [4.69, 9.17) is 14.2 Å². The van der Waals surface area contributed by atoms with Gasteiger partial charge in [0.1, 0.15) is 18.7 Å². The van der Waals surface area contributed by atoms with Crippen molar-refractivity contribution in [1.29, 1.82) is 0 Å². The molecule has 2 atom stereocenters. The number of hydrogen-bond acceptors (Lipinski definition) is 8. The highest BCUT2D eigenvalue weighted by atomic mass is 16.6. The average Bonchev–Trinajstić information content (AvgIpc) is 2.99. The second-order valence-electron chi connectivity index (χ2n) is 6.68. The Balaban J connectivity index is 1.92. The van der Waals surface area contributed by atoms with Gasteiger partial charge in [-0.15, -0.1) is 0 Å². The van der Waals surface area contributed by atoms with E-state index >= 15 is 0 Å². The molecule has 1 fully saturated rings. The maximum atomic E-state index is 12.1. The maximum absolute atomic E-state index is 12.1. The Morgan fingerprint density at radius 1 is 1.33 bits per heavy atom.